The van der Waals surface area contributed by atoms with Gasteiger partial charge in [0, 0.05) is 12.1 Å². The first-order valence-electron chi connectivity index (χ1n) is 6.15. The first-order chi connectivity index (χ1) is 8.56. The second-order valence-electron chi connectivity index (χ2n) is 5.16. The van der Waals surface area contributed by atoms with Crippen LogP contribution in [0.5, 0.6) is 0 Å². The zero-order valence-corrected chi connectivity index (χ0v) is 13.0. The fourth-order valence-corrected chi connectivity index (χ4v) is 3.72. The van der Waals surface area contributed by atoms with Gasteiger partial charge in [0.1, 0.15) is 5.82 Å². The van der Waals surface area contributed by atoms with E-state index in [1.54, 1.807) is 6.07 Å². The van der Waals surface area contributed by atoms with Crippen molar-refractivity contribution in [2.45, 2.75) is 32.2 Å². The molecule has 2 unspecified atom stereocenters. The fourth-order valence-electron chi connectivity index (χ4n) is 2.89. The lowest BCUT2D eigenvalue weighted by atomic mass is 10.1. The van der Waals surface area contributed by atoms with Gasteiger partial charge in [-0.3, -0.25) is 0 Å². The zero-order chi connectivity index (χ0) is 12.9. The Balaban J connectivity index is 2.19. The smallest absolute Gasteiger partial charge is 0.178 e. The summed E-state index contributed by atoms with van der Waals surface area (Å²) in [4.78, 5) is 3.19. The summed E-state index contributed by atoms with van der Waals surface area (Å²) < 4.78 is 17.2. The van der Waals surface area contributed by atoms with Crippen molar-refractivity contribution >= 4 is 45.8 Å². The van der Waals surface area contributed by atoms with Crippen molar-refractivity contribution in [1.82, 2.24) is 9.55 Å². The fraction of sp³-hybridized carbons (Fsp3) is 0.462. The van der Waals surface area contributed by atoms with E-state index in [1.807, 2.05) is 28.7 Å². The standard InChI is InChI=1S/C13H14FIN2S/c1-7-2-3-8(4-7)17-12-5-9(14)10(15)6-11(12)16-13(17)18/h5-8H,2-4H2,1H3,(H,16,18). The van der Waals surface area contributed by atoms with Crippen molar-refractivity contribution in [3.63, 3.8) is 0 Å². The highest BCUT2D eigenvalue weighted by Gasteiger charge is 2.25. The molecule has 1 N–H and O–H groups in total. The largest absolute Gasteiger partial charge is 0.331 e. The van der Waals surface area contributed by atoms with Crippen LogP contribution in [0.1, 0.15) is 32.2 Å². The Labute approximate surface area is 124 Å². The third-order valence-corrected chi connectivity index (χ3v) is 4.92. The number of hydrogen-bond donors (Lipinski definition) is 1. The molecule has 0 bridgehead atoms. The molecule has 2 aromatic rings. The topological polar surface area (TPSA) is 20.7 Å². The highest BCUT2D eigenvalue weighted by molar-refractivity contribution is 14.1. The molecule has 0 spiro atoms. The van der Waals surface area contributed by atoms with Crippen molar-refractivity contribution in [2.75, 3.05) is 0 Å². The Hall–Kier alpha value is -0.430. The maximum absolute atomic E-state index is 13.7. The van der Waals surface area contributed by atoms with Crippen LogP contribution in [0.15, 0.2) is 12.1 Å². The van der Waals surface area contributed by atoms with Crippen LogP contribution in [0.4, 0.5) is 4.39 Å². The second kappa shape index (κ2) is 4.59. The summed E-state index contributed by atoms with van der Waals surface area (Å²) in [5.74, 6) is 0.562. The monoisotopic (exact) mass is 376 g/mol. The van der Waals surface area contributed by atoms with Gasteiger partial charge in [-0.2, -0.15) is 0 Å². The molecule has 1 aliphatic rings. The summed E-state index contributed by atoms with van der Waals surface area (Å²) in [7, 11) is 0. The van der Waals surface area contributed by atoms with Gasteiger partial charge in [-0.05, 0) is 66.1 Å². The number of imidazole rings is 1. The average molecular weight is 376 g/mol. The average Bonchev–Trinajstić information content (AvgIpc) is 2.83. The summed E-state index contributed by atoms with van der Waals surface area (Å²) >= 11 is 7.40. The van der Waals surface area contributed by atoms with Gasteiger partial charge in [0.2, 0.25) is 0 Å². The van der Waals surface area contributed by atoms with Crippen LogP contribution >= 0.6 is 34.8 Å². The minimum atomic E-state index is -0.170. The molecule has 0 amide bonds. The van der Waals surface area contributed by atoms with Crippen molar-refractivity contribution in [3.05, 3.63) is 26.3 Å². The molecule has 5 heteroatoms. The van der Waals surface area contributed by atoms with Crippen LogP contribution in [0.3, 0.4) is 0 Å². The van der Waals surface area contributed by atoms with Crippen molar-refractivity contribution in [3.8, 4) is 0 Å². The van der Waals surface area contributed by atoms with Crippen molar-refractivity contribution in [2.24, 2.45) is 5.92 Å². The summed E-state index contributed by atoms with van der Waals surface area (Å²) in [6.45, 7) is 2.27. The molecule has 1 saturated carbocycles. The van der Waals surface area contributed by atoms with E-state index in [-0.39, 0.29) is 5.82 Å². The van der Waals surface area contributed by atoms with E-state index in [9.17, 15) is 4.39 Å². The van der Waals surface area contributed by atoms with E-state index in [2.05, 4.69) is 16.5 Å². The number of hydrogen-bond acceptors (Lipinski definition) is 1. The maximum atomic E-state index is 13.7. The number of aromatic amines is 1. The van der Waals surface area contributed by atoms with Gasteiger partial charge in [0.25, 0.3) is 0 Å². The van der Waals surface area contributed by atoms with E-state index in [4.69, 9.17) is 12.2 Å². The molecule has 1 heterocycles. The van der Waals surface area contributed by atoms with E-state index >= 15 is 0 Å². The number of rotatable bonds is 1. The summed E-state index contributed by atoms with van der Waals surface area (Å²) in [6, 6.07) is 3.85. The first-order valence-corrected chi connectivity index (χ1v) is 7.64. The van der Waals surface area contributed by atoms with Gasteiger partial charge >= 0.3 is 0 Å². The molecule has 1 aromatic carbocycles. The molecule has 1 aliphatic carbocycles. The Morgan fingerprint density at radius 1 is 1.44 bits per heavy atom. The molecule has 18 heavy (non-hydrogen) atoms. The summed E-state index contributed by atoms with van der Waals surface area (Å²) in [5, 5.41) is 0. The zero-order valence-electron chi connectivity index (χ0n) is 10.0. The van der Waals surface area contributed by atoms with Crippen LogP contribution in [0.2, 0.25) is 0 Å². The molecule has 0 saturated heterocycles. The van der Waals surface area contributed by atoms with Crippen LogP contribution < -0.4 is 0 Å². The molecule has 3 rings (SSSR count). The number of nitrogens with one attached hydrogen (secondary N) is 1. The van der Waals surface area contributed by atoms with Gasteiger partial charge < -0.3 is 9.55 Å². The lowest BCUT2D eigenvalue weighted by molar-refractivity contribution is 0.499. The quantitative estimate of drug-likeness (QED) is 0.560. The molecule has 1 aromatic heterocycles. The molecule has 1 fully saturated rings. The van der Waals surface area contributed by atoms with Crippen LogP contribution in [0.25, 0.3) is 11.0 Å². The lowest BCUT2D eigenvalue weighted by Crippen LogP contribution is -2.05. The number of H-pyrrole nitrogens is 1. The number of aromatic nitrogens is 2. The molecule has 2 atom stereocenters. The Bertz CT molecular complexity index is 661. The van der Waals surface area contributed by atoms with E-state index < -0.39 is 0 Å². The summed E-state index contributed by atoms with van der Waals surface area (Å²) in [5.41, 5.74) is 1.84. The van der Waals surface area contributed by atoms with Crippen LogP contribution in [0, 0.1) is 20.1 Å². The Morgan fingerprint density at radius 3 is 2.89 bits per heavy atom. The minimum Gasteiger partial charge on any atom is -0.331 e. The number of benzene rings is 1. The van der Waals surface area contributed by atoms with E-state index in [0.717, 1.165) is 29.8 Å². The SMILES string of the molecule is CC1CCC(n2c(=S)[nH]c3cc(I)c(F)cc32)C1. The molecule has 0 aliphatic heterocycles. The third-order valence-electron chi connectivity index (χ3n) is 3.79. The normalized spacial score (nSPS) is 23.9. The highest BCUT2D eigenvalue weighted by atomic mass is 127. The van der Waals surface area contributed by atoms with Gasteiger partial charge in [-0.15, -0.1) is 0 Å². The predicted octanol–water partition coefficient (Wildman–Crippen LogP) is 4.80. The lowest BCUT2D eigenvalue weighted by Gasteiger charge is -2.13. The molecular weight excluding hydrogens is 362 g/mol. The van der Waals surface area contributed by atoms with Gasteiger partial charge in [-0.25, -0.2) is 4.39 Å². The molecular formula is C13H14FIN2S. The first kappa shape index (κ1) is 12.6. The van der Waals surface area contributed by atoms with Crippen molar-refractivity contribution in [1.29, 1.82) is 0 Å². The van der Waals surface area contributed by atoms with Gasteiger partial charge in [-0.1, -0.05) is 6.92 Å². The molecule has 0 radical (unpaired) electrons. The summed E-state index contributed by atoms with van der Waals surface area (Å²) in [6.07, 6.45) is 3.50. The Kier molecular flexibility index (Phi) is 3.21. The number of fused-ring (bicyclic) bond motifs is 1. The Morgan fingerprint density at radius 2 is 2.22 bits per heavy atom. The predicted molar refractivity (Wildman–Crippen MR) is 81.8 cm³/mol. The van der Waals surface area contributed by atoms with Crippen LogP contribution in [-0.4, -0.2) is 9.55 Å². The van der Waals surface area contributed by atoms with Gasteiger partial charge in [0.05, 0.1) is 14.6 Å². The maximum Gasteiger partial charge on any atom is 0.178 e. The third kappa shape index (κ3) is 2.01. The molecule has 2 nitrogen and oxygen atoms in total. The second-order valence-corrected chi connectivity index (χ2v) is 6.70. The van der Waals surface area contributed by atoms with Gasteiger partial charge in [0.15, 0.2) is 4.77 Å². The minimum absolute atomic E-state index is 0.170. The molecule has 96 valence electrons. The highest BCUT2D eigenvalue weighted by Crippen LogP contribution is 2.36. The van der Waals surface area contributed by atoms with Crippen LogP contribution in [-0.2, 0) is 0 Å². The van der Waals surface area contributed by atoms with Crippen molar-refractivity contribution < 1.29 is 4.39 Å². The van der Waals surface area contributed by atoms with E-state index in [0.29, 0.717) is 14.4 Å². The number of halogens is 2. The number of nitrogens with zero attached hydrogens (tertiary/aromatic N) is 1. The van der Waals surface area contributed by atoms with E-state index in [1.165, 1.54) is 6.42 Å².